The van der Waals surface area contributed by atoms with Crippen LogP contribution < -0.4 is 10.2 Å². The second-order valence-electron chi connectivity index (χ2n) is 4.72. The molecule has 4 nitrogen and oxygen atoms in total. The number of benzene rings is 1. The first-order valence-corrected chi connectivity index (χ1v) is 6.39. The van der Waals surface area contributed by atoms with Crippen LogP contribution in [0.1, 0.15) is 19.8 Å². The molecule has 0 radical (unpaired) electrons. The Morgan fingerprint density at radius 1 is 1.42 bits per heavy atom. The number of carbonyl (C=O) groups is 2. The molecule has 0 aliphatic heterocycles. The molecule has 2 rings (SSSR count). The number of hydrogen-bond acceptors (Lipinski definition) is 2. The Hall–Kier alpha value is -1.91. The molecule has 1 aromatic rings. The molecule has 0 aromatic heterocycles. The first-order valence-electron chi connectivity index (χ1n) is 6.39. The van der Waals surface area contributed by atoms with E-state index in [1.54, 1.807) is 12.1 Å². The molecule has 0 atom stereocenters. The normalized spacial score (nSPS) is 14.0. The van der Waals surface area contributed by atoms with Crippen molar-refractivity contribution >= 4 is 17.5 Å². The SMILES string of the molecule is CC(=O)N(CCNC(=O)C1CC1)c1cccc(F)c1. The van der Waals surface area contributed by atoms with E-state index in [4.69, 9.17) is 0 Å². The Kier molecular flexibility index (Phi) is 4.14. The molecular formula is C14H17FN2O2. The van der Waals surface area contributed by atoms with Crippen molar-refractivity contribution in [1.82, 2.24) is 5.32 Å². The fourth-order valence-corrected chi connectivity index (χ4v) is 1.89. The monoisotopic (exact) mass is 264 g/mol. The molecule has 0 heterocycles. The number of anilines is 1. The minimum Gasteiger partial charge on any atom is -0.354 e. The standard InChI is InChI=1S/C14H17FN2O2/c1-10(18)17(13-4-2-3-12(15)9-13)8-7-16-14(19)11-5-6-11/h2-4,9,11H,5-8H2,1H3,(H,16,19). The van der Waals surface area contributed by atoms with Crippen LogP contribution in [0.2, 0.25) is 0 Å². The van der Waals surface area contributed by atoms with E-state index in [0.29, 0.717) is 18.8 Å². The summed E-state index contributed by atoms with van der Waals surface area (Å²) in [5.41, 5.74) is 0.508. The van der Waals surface area contributed by atoms with Crippen molar-refractivity contribution in [1.29, 1.82) is 0 Å². The number of halogens is 1. The molecule has 0 saturated heterocycles. The summed E-state index contributed by atoms with van der Waals surface area (Å²) in [5, 5.41) is 2.79. The Morgan fingerprint density at radius 2 is 2.16 bits per heavy atom. The average Bonchev–Trinajstić information content (AvgIpc) is 3.18. The van der Waals surface area contributed by atoms with E-state index in [-0.39, 0.29) is 23.5 Å². The van der Waals surface area contributed by atoms with Crippen molar-refractivity contribution in [3.63, 3.8) is 0 Å². The Balaban J connectivity index is 1.92. The highest BCUT2D eigenvalue weighted by Crippen LogP contribution is 2.28. The van der Waals surface area contributed by atoms with E-state index in [2.05, 4.69) is 5.32 Å². The van der Waals surface area contributed by atoms with E-state index in [0.717, 1.165) is 12.8 Å². The molecule has 5 heteroatoms. The van der Waals surface area contributed by atoms with Gasteiger partial charge in [-0.05, 0) is 31.0 Å². The highest BCUT2D eigenvalue weighted by atomic mass is 19.1. The topological polar surface area (TPSA) is 49.4 Å². The third-order valence-electron chi connectivity index (χ3n) is 3.08. The van der Waals surface area contributed by atoms with Gasteiger partial charge in [0.1, 0.15) is 5.82 Å². The predicted octanol–water partition coefficient (Wildman–Crippen LogP) is 1.70. The van der Waals surface area contributed by atoms with Crippen LogP contribution in [0, 0.1) is 11.7 Å². The molecule has 1 fully saturated rings. The first-order chi connectivity index (χ1) is 9.08. The summed E-state index contributed by atoms with van der Waals surface area (Å²) in [6, 6.07) is 5.87. The molecule has 1 aliphatic rings. The van der Waals surface area contributed by atoms with Crippen LogP contribution in [0.4, 0.5) is 10.1 Å². The van der Waals surface area contributed by atoms with Crippen molar-refractivity contribution in [2.24, 2.45) is 5.92 Å². The summed E-state index contributed by atoms with van der Waals surface area (Å²) in [4.78, 5) is 24.5. The van der Waals surface area contributed by atoms with Gasteiger partial charge in [-0.2, -0.15) is 0 Å². The van der Waals surface area contributed by atoms with Gasteiger partial charge in [0.15, 0.2) is 0 Å². The van der Waals surface area contributed by atoms with Gasteiger partial charge < -0.3 is 10.2 Å². The zero-order valence-corrected chi connectivity index (χ0v) is 10.9. The third-order valence-corrected chi connectivity index (χ3v) is 3.08. The fourth-order valence-electron chi connectivity index (χ4n) is 1.89. The van der Waals surface area contributed by atoms with Gasteiger partial charge in [0.05, 0.1) is 0 Å². The van der Waals surface area contributed by atoms with Crippen molar-refractivity contribution < 1.29 is 14.0 Å². The van der Waals surface area contributed by atoms with Crippen molar-refractivity contribution in [2.75, 3.05) is 18.0 Å². The minimum absolute atomic E-state index is 0.0442. The van der Waals surface area contributed by atoms with Gasteiger partial charge >= 0.3 is 0 Å². The summed E-state index contributed by atoms with van der Waals surface area (Å²) in [5.74, 6) is -0.361. The molecule has 2 amide bonds. The summed E-state index contributed by atoms with van der Waals surface area (Å²) >= 11 is 0. The largest absolute Gasteiger partial charge is 0.354 e. The molecule has 1 aromatic carbocycles. The maximum absolute atomic E-state index is 13.1. The van der Waals surface area contributed by atoms with Crippen LogP contribution in [-0.4, -0.2) is 24.9 Å². The smallest absolute Gasteiger partial charge is 0.223 e. The molecule has 0 unspecified atom stereocenters. The van der Waals surface area contributed by atoms with E-state index >= 15 is 0 Å². The van der Waals surface area contributed by atoms with Crippen LogP contribution in [0.15, 0.2) is 24.3 Å². The zero-order chi connectivity index (χ0) is 13.8. The van der Waals surface area contributed by atoms with Gasteiger partial charge in [-0.1, -0.05) is 6.07 Å². The lowest BCUT2D eigenvalue weighted by Gasteiger charge is -2.21. The average molecular weight is 264 g/mol. The Bertz CT molecular complexity index is 486. The lowest BCUT2D eigenvalue weighted by molar-refractivity contribution is -0.122. The summed E-state index contributed by atoms with van der Waals surface area (Å²) in [7, 11) is 0. The summed E-state index contributed by atoms with van der Waals surface area (Å²) < 4.78 is 13.1. The molecule has 1 saturated carbocycles. The van der Waals surface area contributed by atoms with Gasteiger partial charge in [0.25, 0.3) is 0 Å². The van der Waals surface area contributed by atoms with Crippen LogP contribution in [0.3, 0.4) is 0 Å². The molecule has 0 spiro atoms. The number of nitrogens with one attached hydrogen (secondary N) is 1. The summed E-state index contributed by atoms with van der Waals surface area (Å²) in [6.07, 6.45) is 1.90. The number of nitrogens with zero attached hydrogens (tertiary/aromatic N) is 1. The van der Waals surface area contributed by atoms with Crippen LogP contribution in [0.5, 0.6) is 0 Å². The van der Waals surface area contributed by atoms with Gasteiger partial charge in [-0.3, -0.25) is 9.59 Å². The zero-order valence-electron chi connectivity index (χ0n) is 10.9. The maximum Gasteiger partial charge on any atom is 0.223 e. The Morgan fingerprint density at radius 3 is 2.74 bits per heavy atom. The highest BCUT2D eigenvalue weighted by molar-refractivity contribution is 5.91. The van der Waals surface area contributed by atoms with Crippen molar-refractivity contribution in [2.45, 2.75) is 19.8 Å². The minimum atomic E-state index is -0.384. The number of hydrogen-bond donors (Lipinski definition) is 1. The molecule has 1 N–H and O–H groups in total. The van der Waals surface area contributed by atoms with E-state index in [1.165, 1.54) is 24.0 Å². The third kappa shape index (κ3) is 3.77. The van der Waals surface area contributed by atoms with Gasteiger partial charge in [0.2, 0.25) is 11.8 Å². The van der Waals surface area contributed by atoms with Gasteiger partial charge in [-0.15, -0.1) is 0 Å². The lowest BCUT2D eigenvalue weighted by atomic mass is 10.2. The van der Waals surface area contributed by atoms with E-state index in [9.17, 15) is 14.0 Å². The molecular weight excluding hydrogens is 247 g/mol. The highest BCUT2D eigenvalue weighted by Gasteiger charge is 2.29. The Labute approximate surface area is 111 Å². The van der Waals surface area contributed by atoms with E-state index in [1.807, 2.05) is 0 Å². The van der Waals surface area contributed by atoms with E-state index < -0.39 is 0 Å². The van der Waals surface area contributed by atoms with Gasteiger partial charge in [-0.25, -0.2) is 4.39 Å². The molecule has 19 heavy (non-hydrogen) atoms. The van der Waals surface area contributed by atoms with Gasteiger partial charge in [0, 0.05) is 31.6 Å². The molecule has 0 bridgehead atoms. The molecule has 1 aliphatic carbocycles. The number of rotatable bonds is 5. The van der Waals surface area contributed by atoms with Crippen LogP contribution >= 0.6 is 0 Å². The number of carbonyl (C=O) groups excluding carboxylic acids is 2. The second kappa shape index (κ2) is 5.82. The predicted molar refractivity (Wildman–Crippen MR) is 70.2 cm³/mol. The lowest BCUT2D eigenvalue weighted by Crippen LogP contribution is -2.38. The second-order valence-corrected chi connectivity index (χ2v) is 4.72. The van der Waals surface area contributed by atoms with Crippen molar-refractivity contribution in [3.8, 4) is 0 Å². The van der Waals surface area contributed by atoms with Crippen LogP contribution in [-0.2, 0) is 9.59 Å². The molecule has 102 valence electrons. The summed E-state index contributed by atoms with van der Waals surface area (Å²) in [6.45, 7) is 2.15. The van der Waals surface area contributed by atoms with Crippen molar-refractivity contribution in [3.05, 3.63) is 30.1 Å². The first kappa shape index (κ1) is 13.5. The fraction of sp³-hybridized carbons (Fsp3) is 0.429. The number of amides is 2. The maximum atomic E-state index is 13.1. The van der Waals surface area contributed by atoms with Crippen LogP contribution in [0.25, 0.3) is 0 Å². The quantitative estimate of drug-likeness (QED) is 0.880.